The summed E-state index contributed by atoms with van der Waals surface area (Å²) in [5.41, 5.74) is 3.38. The number of carbonyl (C=O) groups is 2. The molecule has 0 aromatic heterocycles. The first-order valence-electron chi connectivity index (χ1n) is 8.69. The van der Waals surface area contributed by atoms with Gasteiger partial charge >= 0.3 is 0 Å². The Bertz CT molecular complexity index is 717. The highest BCUT2D eigenvalue weighted by Crippen LogP contribution is 2.16. The number of aryl methyl sites for hydroxylation is 1. The van der Waals surface area contributed by atoms with E-state index in [1.165, 1.54) is 11.1 Å². The largest absolute Gasteiger partial charge is 0.357 e. The van der Waals surface area contributed by atoms with Gasteiger partial charge < -0.3 is 10.2 Å². The lowest BCUT2D eigenvalue weighted by Gasteiger charge is -2.28. The summed E-state index contributed by atoms with van der Waals surface area (Å²) in [7, 11) is 1.59. The van der Waals surface area contributed by atoms with Gasteiger partial charge in [0.2, 0.25) is 11.8 Å². The van der Waals surface area contributed by atoms with Crippen LogP contribution in [-0.4, -0.2) is 35.6 Å². The van der Waals surface area contributed by atoms with Crippen molar-refractivity contribution in [3.05, 3.63) is 71.3 Å². The number of amides is 2. The zero-order valence-electron chi connectivity index (χ0n) is 15.6. The highest BCUT2D eigenvalue weighted by atomic mass is 32.2. The Hall–Kier alpha value is -2.27. The van der Waals surface area contributed by atoms with Crippen LogP contribution in [0.4, 0.5) is 0 Å². The molecule has 0 radical (unpaired) electrons. The van der Waals surface area contributed by atoms with E-state index in [9.17, 15) is 9.59 Å². The Kier molecular flexibility index (Phi) is 7.73. The molecule has 0 saturated heterocycles. The molecule has 0 saturated carbocycles. The van der Waals surface area contributed by atoms with Crippen molar-refractivity contribution < 1.29 is 9.59 Å². The van der Waals surface area contributed by atoms with Gasteiger partial charge in [-0.2, -0.15) is 0 Å². The molecule has 0 aliphatic rings. The number of nitrogens with zero attached hydrogens (tertiary/aromatic N) is 1. The van der Waals surface area contributed by atoms with Gasteiger partial charge in [-0.1, -0.05) is 60.2 Å². The Morgan fingerprint density at radius 1 is 1.04 bits per heavy atom. The highest BCUT2D eigenvalue weighted by Gasteiger charge is 2.25. The molecule has 138 valence electrons. The van der Waals surface area contributed by atoms with Crippen LogP contribution < -0.4 is 5.32 Å². The summed E-state index contributed by atoms with van der Waals surface area (Å²) in [6.07, 6.45) is 0. The first-order valence-corrected chi connectivity index (χ1v) is 9.85. The molecule has 0 unspecified atom stereocenters. The van der Waals surface area contributed by atoms with Crippen molar-refractivity contribution in [1.82, 2.24) is 10.2 Å². The molecule has 26 heavy (non-hydrogen) atoms. The van der Waals surface area contributed by atoms with E-state index in [4.69, 9.17) is 0 Å². The van der Waals surface area contributed by atoms with Crippen molar-refractivity contribution in [3.63, 3.8) is 0 Å². The molecule has 0 fully saturated rings. The predicted molar refractivity (Wildman–Crippen MR) is 108 cm³/mol. The van der Waals surface area contributed by atoms with Crippen LogP contribution in [0.25, 0.3) is 0 Å². The summed E-state index contributed by atoms with van der Waals surface area (Å²) in [4.78, 5) is 26.5. The van der Waals surface area contributed by atoms with E-state index in [0.29, 0.717) is 12.3 Å². The number of benzene rings is 2. The van der Waals surface area contributed by atoms with Gasteiger partial charge in [-0.15, -0.1) is 11.8 Å². The molecule has 0 bridgehead atoms. The van der Waals surface area contributed by atoms with Crippen LogP contribution in [0.3, 0.4) is 0 Å². The zero-order valence-corrected chi connectivity index (χ0v) is 16.4. The van der Waals surface area contributed by atoms with Crippen LogP contribution in [0.2, 0.25) is 0 Å². The molecular weight excluding hydrogens is 344 g/mol. The lowest BCUT2D eigenvalue weighted by Crippen LogP contribution is -2.47. The maximum absolute atomic E-state index is 12.8. The van der Waals surface area contributed by atoms with Crippen molar-refractivity contribution >= 4 is 23.6 Å². The molecule has 2 aromatic rings. The summed E-state index contributed by atoms with van der Waals surface area (Å²) in [5, 5.41) is 2.64. The second-order valence-corrected chi connectivity index (χ2v) is 7.26. The van der Waals surface area contributed by atoms with Crippen molar-refractivity contribution in [2.24, 2.45) is 0 Å². The van der Waals surface area contributed by atoms with Gasteiger partial charge in [-0.3, -0.25) is 9.59 Å². The molecule has 1 N–H and O–H groups in total. The fraction of sp³-hybridized carbons (Fsp3) is 0.333. The van der Waals surface area contributed by atoms with E-state index in [0.717, 1.165) is 11.3 Å². The number of hydrogen-bond donors (Lipinski definition) is 1. The van der Waals surface area contributed by atoms with E-state index in [1.807, 2.05) is 49.4 Å². The fourth-order valence-electron chi connectivity index (χ4n) is 2.60. The maximum Gasteiger partial charge on any atom is 0.242 e. The van der Waals surface area contributed by atoms with Crippen LogP contribution in [0, 0.1) is 6.92 Å². The Morgan fingerprint density at radius 2 is 1.69 bits per heavy atom. The summed E-state index contributed by atoms with van der Waals surface area (Å²) in [5.74, 6) is 0.947. The number of rotatable bonds is 8. The average Bonchev–Trinajstić information content (AvgIpc) is 2.67. The minimum atomic E-state index is -0.508. The lowest BCUT2D eigenvalue weighted by atomic mass is 10.1. The smallest absolute Gasteiger partial charge is 0.242 e. The van der Waals surface area contributed by atoms with Crippen molar-refractivity contribution in [2.75, 3.05) is 12.8 Å². The van der Waals surface area contributed by atoms with E-state index in [1.54, 1.807) is 30.6 Å². The third kappa shape index (κ3) is 5.92. The zero-order chi connectivity index (χ0) is 18.9. The highest BCUT2D eigenvalue weighted by molar-refractivity contribution is 7.99. The molecule has 0 aliphatic carbocycles. The molecule has 0 heterocycles. The van der Waals surface area contributed by atoms with E-state index in [2.05, 4.69) is 17.4 Å². The second kappa shape index (κ2) is 10.0. The monoisotopic (exact) mass is 370 g/mol. The van der Waals surface area contributed by atoms with Gasteiger partial charge in [0.1, 0.15) is 6.04 Å². The van der Waals surface area contributed by atoms with E-state index >= 15 is 0 Å². The first kappa shape index (κ1) is 20.0. The van der Waals surface area contributed by atoms with E-state index in [-0.39, 0.29) is 11.8 Å². The van der Waals surface area contributed by atoms with E-state index < -0.39 is 6.04 Å². The lowest BCUT2D eigenvalue weighted by molar-refractivity contribution is -0.138. The Balaban J connectivity index is 2.02. The van der Waals surface area contributed by atoms with Gasteiger partial charge in [-0.25, -0.2) is 0 Å². The molecule has 2 aromatic carbocycles. The first-order chi connectivity index (χ1) is 12.5. The normalized spacial score (nSPS) is 11.7. The molecule has 2 rings (SSSR count). The number of hydrogen-bond acceptors (Lipinski definition) is 3. The fourth-order valence-corrected chi connectivity index (χ4v) is 3.47. The summed E-state index contributed by atoms with van der Waals surface area (Å²) in [6.45, 7) is 4.23. The number of carbonyl (C=O) groups excluding carboxylic acids is 2. The summed E-state index contributed by atoms with van der Waals surface area (Å²) < 4.78 is 0. The number of nitrogens with one attached hydrogen (secondary N) is 1. The van der Waals surface area contributed by atoms with Crippen LogP contribution >= 0.6 is 11.8 Å². The molecular formula is C21H26N2O2S. The molecule has 0 aliphatic heterocycles. The third-order valence-corrected chi connectivity index (χ3v) is 5.21. The standard InChI is InChI=1S/C21H26N2O2S/c1-16-9-11-18(12-10-16)13-23(17(2)21(25)22-3)20(24)15-26-14-19-7-5-4-6-8-19/h4-12,17H,13-15H2,1-3H3,(H,22,25)/t17-/m1/s1. The Morgan fingerprint density at radius 3 is 2.31 bits per heavy atom. The van der Waals surface area contributed by atoms with Gasteiger partial charge in [0.05, 0.1) is 5.75 Å². The minimum Gasteiger partial charge on any atom is -0.357 e. The quantitative estimate of drug-likeness (QED) is 0.775. The predicted octanol–water partition coefficient (Wildman–Crippen LogP) is 3.39. The van der Waals surface area contributed by atoms with Crippen molar-refractivity contribution in [1.29, 1.82) is 0 Å². The molecule has 2 amide bonds. The maximum atomic E-state index is 12.8. The second-order valence-electron chi connectivity index (χ2n) is 6.28. The van der Waals surface area contributed by atoms with Crippen LogP contribution in [-0.2, 0) is 21.9 Å². The van der Waals surface area contributed by atoms with Crippen LogP contribution in [0.1, 0.15) is 23.6 Å². The van der Waals surface area contributed by atoms with Gasteiger partial charge in [0.15, 0.2) is 0 Å². The minimum absolute atomic E-state index is 0.0254. The Labute approximate surface area is 160 Å². The van der Waals surface area contributed by atoms with Gasteiger partial charge in [0.25, 0.3) is 0 Å². The van der Waals surface area contributed by atoms with Crippen molar-refractivity contribution in [3.8, 4) is 0 Å². The van der Waals surface area contributed by atoms with Crippen LogP contribution in [0.15, 0.2) is 54.6 Å². The number of thioether (sulfide) groups is 1. The third-order valence-electron chi connectivity index (χ3n) is 4.22. The molecule has 0 spiro atoms. The summed E-state index contributed by atoms with van der Waals surface area (Å²) in [6, 6.07) is 17.6. The SMILES string of the molecule is CNC(=O)[C@@H](C)N(Cc1ccc(C)cc1)C(=O)CSCc1ccccc1. The van der Waals surface area contributed by atoms with Gasteiger partial charge in [-0.05, 0) is 25.0 Å². The van der Waals surface area contributed by atoms with Crippen molar-refractivity contribution in [2.45, 2.75) is 32.2 Å². The molecule has 4 nitrogen and oxygen atoms in total. The topological polar surface area (TPSA) is 49.4 Å². The summed E-state index contributed by atoms with van der Waals surface area (Å²) >= 11 is 1.57. The van der Waals surface area contributed by atoms with Crippen LogP contribution in [0.5, 0.6) is 0 Å². The van der Waals surface area contributed by atoms with Gasteiger partial charge in [0, 0.05) is 19.3 Å². The number of likely N-dealkylation sites (N-methyl/N-ethyl adjacent to an activating group) is 1. The molecule has 5 heteroatoms. The average molecular weight is 371 g/mol. The molecule has 1 atom stereocenters.